The predicted molar refractivity (Wildman–Crippen MR) is 60.0 cm³/mol. The van der Waals surface area contributed by atoms with Gasteiger partial charge in [0.1, 0.15) is 12.2 Å². The maximum atomic E-state index is 9.84. The number of ether oxygens (including phenoxy) is 3. The fraction of sp³-hybridized carbons (Fsp3) is 0.909. The molecular formula is C11H21NO5. The molecule has 1 fully saturated rings. The Morgan fingerprint density at radius 2 is 1.88 bits per heavy atom. The van der Waals surface area contributed by atoms with Crippen LogP contribution in [-0.2, 0) is 14.2 Å². The Morgan fingerprint density at radius 1 is 1.35 bits per heavy atom. The van der Waals surface area contributed by atoms with Crippen molar-refractivity contribution in [1.29, 1.82) is 5.26 Å². The van der Waals surface area contributed by atoms with Crippen LogP contribution in [0.15, 0.2) is 0 Å². The molecular weight excluding hydrogens is 226 g/mol. The molecule has 2 unspecified atom stereocenters. The molecule has 1 rings (SSSR count). The molecule has 0 bridgehead atoms. The van der Waals surface area contributed by atoms with E-state index in [-0.39, 0.29) is 12.5 Å². The Morgan fingerprint density at radius 3 is 2.24 bits per heavy atom. The minimum absolute atomic E-state index is 0.173. The van der Waals surface area contributed by atoms with Gasteiger partial charge in [-0.1, -0.05) is 6.92 Å². The molecule has 5 atom stereocenters. The van der Waals surface area contributed by atoms with Crippen molar-refractivity contribution in [1.82, 2.24) is 0 Å². The summed E-state index contributed by atoms with van der Waals surface area (Å²) in [6.45, 7) is 3.06. The minimum Gasteiger partial charge on any atom is -0.394 e. The van der Waals surface area contributed by atoms with Gasteiger partial charge in [0.25, 0.3) is 0 Å². The van der Waals surface area contributed by atoms with Crippen molar-refractivity contribution in [2.45, 2.75) is 38.4 Å². The number of aliphatic hydroxyl groups excluding tert-OH is 2. The molecule has 0 spiro atoms. The second-order valence-corrected chi connectivity index (χ2v) is 3.73. The molecule has 0 aromatic rings. The van der Waals surface area contributed by atoms with E-state index in [4.69, 9.17) is 24.6 Å². The van der Waals surface area contributed by atoms with Crippen LogP contribution in [-0.4, -0.2) is 55.6 Å². The molecule has 0 aromatic heterocycles. The van der Waals surface area contributed by atoms with Gasteiger partial charge in [-0.05, 0) is 0 Å². The standard InChI is InChI=1S/C9H18O5.C2H3N/c1-5-7(11)8(12-2)6(4-10)14-9(5)13-3;1-2-3/h5-11H,4H2,1-3H3;1H3/t5?,6?,7-,8-,9-;/m1./s1. The molecule has 100 valence electrons. The van der Waals surface area contributed by atoms with Crippen LogP contribution < -0.4 is 0 Å². The molecule has 6 nitrogen and oxygen atoms in total. The lowest BCUT2D eigenvalue weighted by Crippen LogP contribution is -2.55. The SMILES string of the molecule is CC#N.CO[C@@H]1OC(CO)[C@@H](OC)[C@H](O)C1C. The van der Waals surface area contributed by atoms with E-state index in [1.54, 1.807) is 6.07 Å². The maximum Gasteiger partial charge on any atom is 0.162 e. The lowest BCUT2D eigenvalue weighted by Gasteiger charge is -2.41. The lowest BCUT2D eigenvalue weighted by atomic mass is 9.92. The van der Waals surface area contributed by atoms with E-state index in [1.165, 1.54) is 21.1 Å². The first-order valence-electron chi connectivity index (χ1n) is 5.38. The van der Waals surface area contributed by atoms with Crippen LogP contribution in [0.4, 0.5) is 0 Å². The van der Waals surface area contributed by atoms with Crippen LogP contribution in [0, 0.1) is 17.2 Å². The highest BCUT2D eigenvalue weighted by Gasteiger charge is 2.43. The molecule has 1 aliphatic heterocycles. The molecule has 0 radical (unpaired) electrons. The lowest BCUT2D eigenvalue weighted by molar-refractivity contribution is -0.279. The first-order valence-corrected chi connectivity index (χ1v) is 5.38. The fourth-order valence-electron chi connectivity index (χ4n) is 1.76. The summed E-state index contributed by atoms with van der Waals surface area (Å²) in [5.74, 6) is -0.173. The molecule has 0 aromatic carbocycles. The topological polar surface area (TPSA) is 91.9 Å². The van der Waals surface area contributed by atoms with Crippen molar-refractivity contribution in [2.75, 3.05) is 20.8 Å². The number of nitriles is 1. The van der Waals surface area contributed by atoms with Gasteiger partial charge in [-0.15, -0.1) is 0 Å². The highest BCUT2D eigenvalue weighted by Crippen LogP contribution is 2.27. The van der Waals surface area contributed by atoms with Crippen LogP contribution in [0.2, 0.25) is 0 Å². The van der Waals surface area contributed by atoms with Crippen LogP contribution in [0.25, 0.3) is 0 Å². The van der Waals surface area contributed by atoms with Crippen molar-refractivity contribution in [3.05, 3.63) is 0 Å². The number of hydrogen-bond acceptors (Lipinski definition) is 6. The average Bonchev–Trinajstić information content (AvgIpc) is 2.33. The number of methoxy groups -OCH3 is 2. The van der Waals surface area contributed by atoms with E-state index in [9.17, 15) is 5.11 Å². The summed E-state index contributed by atoms with van der Waals surface area (Å²) in [4.78, 5) is 0. The van der Waals surface area contributed by atoms with Crippen molar-refractivity contribution in [3.63, 3.8) is 0 Å². The Bertz CT molecular complexity index is 241. The van der Waals surface area contributed by atoms with E-state index in [2.05, 4.69) is 0 Å². The normalized spacial score (nSPS) is 36.6. The van der Waals surface area contributed by atoms with Gasteiger partial charge in [-0.25, -0.2) is 0 Å². The van der Waals surface area contributed by atoms with Crippen LogP contribution in [0.3, 0.4) is 0 Å². The van der Waals surface area contributed by atoms with E-state index in [1.807, 2.05) is 6.92 Å². The van der Waals surface area contributed by atoms with Gasteiger partial charge in [-0.3, -0.25) is 0 Å². The molecule has 0 amide bonds. The highest BCUT2D eigenvalue weighted by molar-refractivity contribution is 4.87. The van der Waals surface area contributed by atoms with Crippen molar-refractivity contribution < 1.29 is 24.4 Å². The molecule has 1 heterocycles. The Hall–Kier alpha value is -0.710. The number of nitrogens with zero attached hydrogens (tertiary/aromatic N) is 1. The van der Waals surface area contributed by atoms with Gasteiger partial charge in [0, 0.05) is 27.1 Å². The van der Waals surface area contributed by atoms with Crippen molar-refractivity contribution >= 4 is 0 Å². The zero-order chi connectivity index (χ0) is 13.4. The zero-order valence-electron chi connectivity index (χ0n) is 10.7. The second-order valence-electron chi connectivity index (χ2n) is 3.73. The molecule has 0 saturated carbocycles. The summed E-state index contributed by atoms with van der Waals surface area (Å²) >= 11 is 0. The molecule has 17 heavy (non-hydrogen) atoms. The van der Waals surface area contributed by atoms with E-state index >= 15 is 0 Å². The number of hydrogen-bond donors (Lipinski definition) is 2. The Kier molecular flexibility index (Phi) is 8.04. The molecule has 0 aliphatic carbocycles. The summed E-state index contributed by atoms with van der Waals surface area (Å²) in [6.07, 6.45) is -2.21. The van der Waals surface area contributed by atoms with E-state index in [0.717, 1.165) is 0 Å². The largest absolute Gasteiger partial charge is 0.394 e. The average molecular weight is 247 g/mol. The van der Waals surface area contributed by atoms with Gasteiger partial charge in [-0.2, -0.15) is 5.26 Å². The van der Waals surface area contributed by atoms with Gasteiger partial charge < -0.3 is 24.4 Å². The van der Waals surface area contributed by atoms with Gasteiger partial charge in [0.05, 0.1) is 18.8 Å². The smallest absolute Gasteiger partial charge is 0.162 e. The summed E-state index contributed by atoms with van der Waals surface area (Å²) in [5, 5.41) is 26.2. The third kappa shape index (κ3) is 4.22. The maximum absolute atomic E-state index is 9.84. The van der Waals surface area contributed by atoms with Gasteiger partial charge in [0.2, 0.25) is 0 Å². The second kappa shape index (κ2) is 8.39. The molecule has 6 heteroatoms. The Labute approximate surface area is 102 Å². The van der Waals surface area contributed by atoms with Crippen LogP contribution in [0.5, 0.6) is 0 Å². The van der Waals surface area contributed by atoms with Crippen LogP contribution >= 0.6 is 0 Å². The molecule has 1 saturated heterocycles. The van der Waals surface area contributed by atoms with E-state index in [0.29, 0.717) is 0 Å². The summed E-state index contributed by atoms with van der Waals surface area (Å²) in [5.41, 5.74) is 0. The van der Waals surface area contributed by atoms with E-state index < -0.39 is 24.6 Å². The van der Waals surface area contributed by atoms with Gasteiger partial charge >= 0.3 is 0 Å². The zero-order valence-corrected chi connectivity index (χ0v) is 10.7. The molecule has 2 N–H and O–H groups in total. The third-order valence-electron chi connectivity index (χ3n) is 2.66. The van der Waals surface area contributed by atoms with Gasteiger partial charge in [0.15, 0.2) is 6.29 Å². The predicted octanol–water partition coefficient (Wildman–Crippen LogP) is -0.108. The number of rotatable bonds is 3. The quantitative estimate of drug-likeness (QED) is 0.723. The highest BCUT2D eigenvalue weighted by atomic mass is 16.7. The minimum atomic E-state index is -0.684. The molecule has 1 aliphatic rings. The summed E-state index contributed by atoms with van der Waals surface area (Å²) in [7, 11) is 3.00. The van der Waals surface area contributed by atoms with Crippen molar-refractivity contribution in [2.24, 2.45) is 5.92 Å². The number of aliphatic hydroxyl groups is 2. The Balaban J connectivity index is 0.000000770. The third-order valence-corrected chi connectivity index (χ3v) is 2.66. The monoisotopic (exact) mass is 247 g/mol. The van der Waals surface area contributed by atoms with Crippen LogP contribution in [0.1, 0.15) is 13.8 Å². The fourth-order valence-corrected chi connectivity index (χ4v) is 1.76. The summed E-state index contributed by atoms with van der Waals surface area (Å²) in [6, 6.07) is 1.75. The first kappa shape index (κ1) is 16.3. The summed E-state index contributed by atoms with van der Waals surface area (Å²) < 4.78 is 15.5. The van der Waals surface area contributed by atoms with Crippen molar-refractivity contribution in [3.8, 4) is 6.07 Å². The first-order chi connectivity index (χ1) is 8.06.